The number of rotatable bonds is 7. The Kier molecular flexibility index (Phi) is 5.96. The smallest absolute Gasteiger partial charge is 0.217 e. The third-order valence-corrected chi connectivity index (χ3v) is 2.04. The molecule has 0 unspecified atom stereocenters. The van der Waals surface area contributed by atoms with Crippen LogP contribution in [-0.4, -0.2) is 70.7 Å². The summed E-state index contributed by atoms with van der Waals surface area (Å²) in [5, 5.41) is 35.9. The summed E-state index contributed by atoms with van der Waals surface area (Å²) in [5.41, 5.74) is 0. The minimum Gasteiger partial charge on any atom is -0.726 e. The number of carbonyl (C=O) groups excluding carboxylic acids is 1. The van der Waals surface area contributed by atoms with Crippen molar-refractivity contribution in [3.8, 4) is 0 Å². The Bertz CT molecular complexity index is 312. The van der Waals surface area contributed by atoms with Crippen LogP contribution >= 0.6 is 0 Å². The maximum absolute atomic E-state index is 10.0. The van der Waals surface area contributed by atoms with Crippen molar-refractivity contribution in [1.82, 2.24) is 0 Å². The summed E-state index contributed by atoms with van der Waals surface area (Å²) >= 11 is 0. The predicted octanol–water partition coefficient (Wildman–Crippen LogP) is -3.89. The molecule has 0 aromatic carbocycles. The summed E-state index contributed by atoms with van der Waals surface area (Å²) < 4.78 is 33.5. The molecule has 0 fully saturated rings. The maximum atomic E-state index is 10.0. The van der Waals surface area contributed by atoms with Crippen molar-refractivity contribution in [2.24, 2.45) is 0 Å². The van der Waals surface area contributed by atoms with Gasteiger partial charge < -0.3 is 29.8 Å². The van der Waals surface area contributed by atoms with E-state index in [0.717, 1.165) is 0 Å². The van der Waals surface area contributed by atoms with Crippen LogP contribution in [0.2, 0.25) is 0 Å². The molecule has 96 valence electrons. The number of hydrogen-bond acceptors (Lipinski definition) is 9. The van der Waals surface area contributed by atoms with E-state index in [-0.39, 0.29) is 6.29 Å². The second kappa shape index (κ2) is 6.20. The second-order valence-corrected chi connectivity index (χ2v) is 3.92. The first-order chi connectivity index (χ1) is 7.19. The van der Waals surface area contributed by atoms with E-state index in [1.807, 2.05) is 0 Å². The van der Waals surface area contributed by atoms with Gasteiger partial charge in [0.05, 0.1) is 6.61 Å². The summed E-state index contributed by atoms with van der Waals surface area (Å²) in [6.45, 7) is -1.10. The average Bonchev–Trinajstić information content (AvgIpc) is 2.21. The van der Waals surface area contributed by atoms with E-state index in [1.165, 1.54) is 0 Å². The number of aliphatic hydroxyl groups excluding tert-OH is 4. The summed E-state index contributed by atoms with van der Waals surface area (Å²) in [6, 6.07) is 0. The quantitative estimate of drug-likeness (QED) is 0.203. The molecule has 0 saturated carbocycles. The predicted molar refractivity (Wildman–Crippen MR) is 45.7 cm³/mol. The molecule has 0 aromatic heterocycles. The van der Waals surface area contributed by atoms with Gasteiger partial charge in [0.25, 0.3) is 0 Å². The Labute approximate surface area is 90.9 Å². The molecule has 4 N–H and O–H groups in total. The second-order valence-electron chi connectivity index (χ2n) is 2.87. The van der Waals surface area contributed by atoms with Gasteiger partial charge in [-0.3, -0.25) is 4.18 Å². The van der Waals surface area contributed by atoms with Crippen molar-refractivity contribution in [2.75, 3.05) is 6.61 Å². The molecule has 0 rings (SSSR count). The molecule has 9 nitrogen and oxygen atoms in total. The Hall–Kier alpha value is -0.620. The Morgan fingerprint density at radius 2 is 1.69 bits per heavy atom. The zero-order chi connectivity index (χ0) is 12.9. The Morgan fingerprint density at radius 3 is 2.06 bits per heavy atom. The van der Waals surface area contributed by atoms with E-state index in [1.54, 1.807) is 0 Å². The standard InChI is InChI=1S/C6H12O9S/c7-1-3(8)5(10)6(11)4(9)2-15-16(12,13)14/h1,3-6,8-11H,2H2,(H,12,13,14)/p-1/t3-,4+,5+,6+/m0/s1. The van der Waals surface area contributed by atoms with Crippen LogP contribution in [0.25, 0.3) is 0 Å². The molecule has 0 aromatic rings. The summed E-state index contributed by atoms with van der Waals surface area (Å²) in [4.78, 5) is 10.0. The molecule has 0 aliphatic heterocycles. The van der Waals surface area contributed by atoms with E-state index in [2.05, 4.69) is 4.18 Å². The molecule has 0 amide bonds. The number of carbonyl (C=O) groups is 1. The van der Waals surface area contributed by atoms with Gasteiger partial charge in [-0.2, -0.15) is 0 Å². The van der Waals surface area contributed by atoms with Crippen LogP contribution in [0.1, 0.15) is 0 Å². The van der Waals surface area contributed by atoms with Gasteiger partial charge in [-0.25, -0.2) is 8.42 Å². The largest absolute Gasteiger partial charge is 0.726 e. The number of aldehydes is 1. The fraction of sp³-hybridized carbons (Fsp3) is 0.833. The van der Waals surface area contributed by atoms with Crippen molar-refractivity contribution in [3.05, 3.63) is 0 Å². The van der Waals surface area contributed by atoms with E-state index in [0.29, 0.717) is 0 Å². The molecule has 0 radical (unpaired) electrons. The monoisotopic (exact) mass is 259 g/mol. The minimum atomic E-state index is -5.04. The molecule has 0 bridgehead atoms. The van der Waals surface area contributed by atoms with Crippen LogP contribution in [0, 0.1) is 0 Å². The lowest BCUT2D eigenvalue weighted by Gasteiger charge is -2.24. The van der Waals surface area contributed by atoms with Crippen molar-refractivity contribution < 1.29 is 42.4 Å². The minimum absolute atomic E-state index is 0.0915. The van der Waals surface area contributed by atoms with Gasteiger partial charge >= 0.3 is 0 Å². The molecule has 0 aliphatic carbocycles. The third kappa shape index (κ3) is 5.46. The van der Waals surface area contributed by atoms with Gasteiger partial charge in [0.15, 0.2) is 6.29 Å². The van der Waals surface area contributed by atoms with Gasteiger partial charge in [-0.05, 0) is 0 Å². The number of aliphatic hydroxyl groups is 4. The SMILES string of the molecule is O=C[C@H](O)[C@@H](O)[C@H](O)[C@H](O)COS(=O)(=O)[O-]. The zero-order valence-electron chi connectivity index (χ0n) is 7.83. The summed E-state index contributed by atoms with van der Waals surface area (Å²) in [6.07, 6.45) is -8.06. The first-order valence-corrected chi connectivity index (χ1v) is 5.30. The zero-order valence-corrected chi connectivity index (χ0v) is 8.65. The van der Waals surface area contributed by atoms with Crippen LogP contribution < -0.4 is 0 Å². The normalized spacial score (nSPS) is 19.8. The highest BCUT2D eigenvalue weighted by Gasteiger charge is 2.30. The molecule has 0 saturated heterocycles. The van der Waals surface area contributed by atoms with Crippen LogP contribution in [-0.2, 0) is 19.4 Å². The molecule has 0 spiro atoms. The van der Waals surface area contributed by atoms with E-state index in [9.17, 15) is 17.8 Å². The Morgan fingerprint density at radius 1 is 1.19 bits per heavy atom. The van der Waals surface area contributed by atoms with Crippen LogP contribution in [0.15, 0.2) is 0 Å². The summed E-state index contributed by atoms with van der Waals surface area (Å²) in [5.74, 6) is 0. The highest BCUT2D eigenvalue weighted by molar-refractivity contribution is 7.80. The molecule has 4 atom stereocenters. The molecule has 16 heavy (non-hydrogen) atoms. The van der Waals surface area contributed by atoms with Gasteiger partial charge in [0.1, 0.15) is 24.4 Å². The molecule has 0 heterocycles. The van der Waals surface area contributed by atoms with Crippen LogP contribution in [0.4, 0.5) is 0 Å². The van der Waals surface area contributed by atoms with Gasteiger partial charge in [-0.1, -0.05) is 0 Å². The first-order valence-electron chi connectivity index (χ1n) is 3.97. The van der Waals surface area contributed by atoms with Crippen molar-refractivity contribution in [2.45, 2.75) is 24.4 Å². The third-order valence-electron chi connectivity index (χ3n) is 1.62. The lowest BCUT2D eigenvalue weighted by molar-refractivity contribution is -0.135. The van der Waals surface area contributed by atoms with Crippen molar-refractivity contribution >= 4 is 16.7 Å². The highest BCUT2D eigenvalue weighted by Crippen LogP contribution is 2.05. The fourth-order valence-electron chi connectivity index (χ4n) is 0.762. The van der Waals surface area contributed by atoms with E-state index in [4.69, 9.17) is 20.4 Å². The van der Waals surface area contributed by atoms with Crippen LogP contribution in [0.3, 0.4) is 0 Å². The molecular formula is C6H11O9S-. The van der Waals surface area contributed by atoms with Gasteiger partial charge in [-0.15, -0.1) is 0 Å². The maximum Gasteiger partial charge on any atom is 0.217 e. The summed E-state index contributed by atoms with van der Waals surface area (Å²) in [7, 11) is -5.04. The van der Waals surface area contributed by atoms with E-state index < -0.39 is 41.4 Å². The highest BCUT2D eigenvalue weighted by atomic mass is 32.3. The van der Waals surface area contributed by atoms with Crippen LogP contribution in [0.5, 0.6) is 0 Å². The molecule has 10 heteroatoms. The van der Waals surface area contributed by atoms with Gasteiger partial charge in [0.2, 0.25) is 10.4 Å². The Balaban J connectivity index is 4.27. The lowest BCUT2D eigenvalue weighted by Crippen LogP contribution is -2.46. The average molecular weight is 259 g/mol. The number of hydrogen-bond donors (Lipinski definition) is 4. The van der Waals surface area contributed by atoms with Gasteiger partial charge in [0, 0.05) is 0 Å². The molecule has 0 aliphatic rings. The van der Waals surface area contributed by atoms with E-state index >= 15 is 0 Å². The lowest BCUT2D eigenvalue weighted by atomic mass is 10.0. The first kappa shape index (κ1) is 15.4. The molecular weight excluding hydrogens is 248 g/mol. The fourth-order valence-corrected chi connectivity index (χ4v) is 1.07. The topological polar surface area (TPSA) is 164 Å². The van der Waals surface area contributed by atoms with Crippen molar-refractivity contribution in [3.63, 3.8) is 0 Å². The van der Waals surface area contributed by atoms with Crippen molar-refractivity contribution in [1.29, 1.82) is 0 Å².